The molecular weight excluding hydrogens is 483 g/mol. The molecule has 0 saturated heterocycles. The summed E-state index contributed by atoms with van der Waals surface area (Å²) in [6.45, 7) is 6.31. The third-order valence-corrected chi connectivity index (χ3v) is 6.08. The van der Waals surface area contributed by atoms with Gasteiger partial charge in [0, 0.05) is 21.9 Å². The number of rotatable bonds is 6. The molecule has 2 aromatic carbocycles. The Balaban J connectivity index is 1.67. The van der Waals surface area contributed by atoms with Crippen LogP contribution in [0.1, 0.15) is 30.9 Å². The van der Waals surface area contributed by atoms with Crippen LogP contribution in [-0.4, -0.2) is 26.4 Å². The first-order valence-electron chi connectivity index (χ1n) is 9.03. The lowest BCUT2D eigenvalue weighted by molar-refractivity contribution is -0.113. The minimum absolute atomic E-state index is 0.0482. The van der Waals surface area contributed by atoms with E-state index < -0.39 is 0 Å². The number of aromatic nitrogens is 3. The highest BCUT2D eigenvalue weighted by Crippen LogP contribution is 2.27. The molecule has 0 saturated carbocycles. The number of amides is 1. The Morgan fingerprint density at radius 3 is 2.57 bits per heavy atom. The Labute approximate surface area is 183 Å². The summed E-state index contributed by atoms with van der Waals surface area (Å²) in [7, 11) is 1.92. The zero-order valence-electron chi connectivity index (χ0n) is 16.4. The molecule has 3 rings (SSSR count). The standard InChI is InChI=1S/C21H23IN4OS/c1-13(2)17-11-16(22)9-10-18(17)23-19(27)12-28-21-25-24-20(26(21)4)15-7-5-14(3)6-8-15/h5-11,13H,12H2,1-4H3,(H,23,27). The average molecular weight is 506 g/mol. The second-order valence-corrected chi connectivity index (χ2v) is 9.14. The first-order chi connectivity index (χ1) is 13.3. The molecule has 1 N–H and O–H groups in total. The van der Waals surface area contributed by atoms with Gasteiger partial charge in [-0.3, -0.25) is 4.79 Å². The summed E-state index contributed by atoms with van der Waals surface area (Å²) in [6.07, 6.45) is 0. The third-order valence-electron chi connectivity index (χ3n) is 4.39. The molecule has 0 atom stereocenters. The zero-order chi connectivity index (χ0) is 20.3. The SMILES string of the molecule is Cc1ccc(-c2nnc(SCC(=O)Nc3ccc(I)cc3C(C)C)n2C)cc1. The number of nitrogens with zero attached hydrogens (tertiary/aromatic N) is 3. The van der Waals surface area contributed by atoms with Crippen LogP contribution in [-0.2, 0) is 11.8 Å². The van der Waals surface area contributed by atoms with E-state index in [-0.39, 0.29) is 11.7 Å². The Morgan fingerprint density at radius 2 is 1.89 bits per heavy atom. The van der Waals surface area contributed by atoms with Crippen molar-refractivity contribution in [3.05, 3.63) is 57.2 Å². The van der Waals surface area contributed by atoms with Gasteiger partial charge in [-0.25, -0.2) is 0 Å². The van der Waals surface area contributed by atoms with E-state index in [9.17, 15) is 4.79 Å². The molecule has 28 heavy (non-hydrogen) atoms. The van der Waals surface area contributed by atoms with Crippen molar-refractivity contribution in [1.29, 1.82) is 0 Å². The average Bonchev–Trinajstić information content (AvgIpc) is 3.02. The Kier molecular flexibility index (Phi) is 6.77. The topological polar surface area (TPSA) is 59.8 Å². The smallest absolute Gasteiger partial charge is 0.234 e. The van der Waals surface area contributed by atoms with Gasteiger partial charge in [0.25, 0.3) is 0 Å². The Hall–Kier alpha value is -1.87. The normalized spacial score (nSPS) is 11.1. The van der Waals surface area contributed by atoms with E-state index >= 15 is 0 Å². The van der Waals surface area contributed by atoms with Gasteiger partial charge in [0.05, 0.1) is 5.75 Å². The maximum Gasteiger partial charge on any atom is 0.234 e. The Bertz CT molecular complexity index is 983. The van der Waals surface area contributed by atoms with Crippen LogP contribution in [0.5, 0.6) is 0 Å². The number of anilines is 1. The van der Waals surface area contributed by atoms with Crippen LogP contribution in [0.4, 0.5) is 5.69 Å². The minimum atomic E-state index is -0.0482. The van der Waals surface area contributed by atoms with E-state index in [1.807, 2.05) is 35.9 Å². The van der Waals surface area contributed by atoms with Crippen molar-refractivity contribution in [1.82, 2.24) is 14.8 Å². The predicted octanol–water partition coefficient (Wildman–Crippen LogP) is 5.25. The zero-order valence-corrected chi connectivity index (χ0v) is 19.3. The summed E-state index contributed by atoms with van der Waals surface area (Å²) >= 11 is 3.68. The van der Waals surface area contributed by atoms with Crippen LogP contribution < -0.4 is 5.32 Å². The number of carbonyl (C=O) groups excluding carboxylic acids is 1. The molecule has 0 bridgehead atoms. The summed E-state index contributed by atoms with van der Waals surface area (Å²) < 4.78 is 3.09. The summed E-state index contributed by atoms with van der Waals surface area (Å²) in [6, 6.07) is 14.3. The maximum absolute atomic E-state index is 12.5. The van der Waals surface area contributed by atoms with E-state index in [1.54, 1.807) is 0 Å². The third kappa shape index (κ3) is 4.94. The lowest BCUT2D eigenvalue weighted by atomic mass is 10.0. The minimum Gasteiger partial charge on any atom is -0.325 e. The number of aryl methyl sites for hydroxylation is 1. The summed E-state index contributed by atoms with van der Waals surface area (Å²) in [5, 5.41) is 12.3. The van der Waals surface area contributed by atoms with E-state index in [4.69, 9.17) is 0 Å². The largest absolute Gasteiger partial charge is 0.325 e. The van der Waals surface area contributed by atoms with Gasteiger partial charge in [0.1, 0.15) is 0 Å². The molecular formula is C21H23IN4OS. The highest BCUT2D eigenvalue weighted by atomic mass is 127. The molecule has 0 fully saturated rings. The van der Waals surface area contributed by atoms with E-state index in [2.05, 4.69) is 77.1 Å². The summed E-state index contributed by atoms with van der Waals surface area (Å²) in [4.78, 5) is 12.5. The molecule has 5 nitrogen and oxygen atoms in total. The van der Waals surface area contributed by atoms with Gasteiger partial charge in [0.2, 0.25) is 5.91 Å². The van der Waals surface area contributed by atoms with Crippen molar-refractivity contribution in [2.45, 2.75) is 31.8 Å². The van der Waals surface area contributed by atoms with E-state index in [1.165, 1.54) is 17.3 Å². The monoisotopic (exact) mass is 506 g/mol. The molecule has 0 aliphatic heterocycles. The fourth-order valence-corrected chi connectivity index (χ4v) is 4.06. The number of hydrogen-bond acceptors (Lipinski definition) is 4. The van der Waals surface area contributed by atoms with Gasteiger partial charge in [-0.15, -0.1) is 10.2 Å². The summed E-state index contributed by atoms with van der Waals surface area (Å²) in [5.74, 6) is 1.37. The maximum atomic E-state index is 12.5. The molecule has 146 valence electrons. The molecule has 0 aliphatic rings. The molecule has 1 heterocycles. The van der Waals surface area contributed by atoms with Crippen molar-refractivity contribution < 1.29 is 4.79 Å². The van der Waals surface area contributed by atoms with Crippen LogP contribution >= 0.6 is 34.4 Å². The van der Waals surface area contributed by atoms with Crippen molar-refractivity contribution in [3.8, 4) is 11.4 Å². The molecule has 0 aliphatic carbocycles. The quantitative estimate of drug-likeness (QED) is 0.367. The Morgan fingerprint density at radius 1 is 1.18 bits per heavy atom. The van der Waals surface area contributed by atoms with Crippen LogP contribution in [0.2, 0.25) is 0 Å². The van der Waals surface area contributed by atoms with Gasteiger partial charge in [-0.05, 0) is 59.2 Å². The highest BCUT2D eigenvalue weighted by molar-refractivity contribution is 14.1. The van der Waals surface area contributed by atoms with Crippen LogP contribution in [0, 0.1) is 10.5 Å². The van der Waals surface area contributed by atoms with Crippen molar-refractivity contribution in [2.75, 3.05) is 11.1 Å². The van der Waals surface area contributed by atoms with Crippen molar-refractivity contribution in [2.24, 2.45) is 7.05 Å². The fourth-order valence-electron chi connectivity index (χ4n) is 2.84. The molecule has 1 amide bonds. The first-order valence-corrected chi connectivity index (χ1v) is 11.1. The molecule has 0 unspecified atom stereocenters. The van der Waals surface area contributed by atoms with Crippen LogP contribution in [0.25, 0.3) is 11.4 Å². The molecule has 7 heteroatoms. The number of benzene rings is 2. The number of nitrogens with one attached hydrogen (secondary N) is 1. The predicted molar refractivity (Wildman–Crippen MR) is 124 cm³/mol. The second kappa shape index (κ2) is 9.09. The first kappa shape index (κ1) is 20.9. The second-order valence-electron chi connectivity index (χ2n) is 6.95. The van der Waals surface area contributed by atoms with Gasteiger partial charge in [-0.2, -0.15) is 0 Å². The van der Waals surface area contributed by atoms with Crippen molar-refractivity contribution >= 4 is 45.9 Å². The lowest BCUT2D eigenvalue weighted by Crippen LogP contribution is -2.16. The van der Waals surface area contributed by atoms with E-state index in [0.29, 0.717) is 5.92 Å². The number of thioether (sulfide) groups is 1. The summed E-state index contributed by atoms with van der Waals surface area (Å²) in [5.41, 5.74) is 4.23. The van der Waals surface area contributed by atoms with Crippen LogP contribution in [0.3, 0.4) is 0 Å². The van der Waals surface area contributed by atoms with Crippen molar-refractivity contribution in [3.63, 3.8) is 0 Å². The molecule has 0 radical (unpaired) electrons. The molecule has 3 aromatic rings. The molecule has 1 aromatic heterocycles. The number of halogens is 1. The van der Waals surface area contributed by atoms with Gasteiger partial charge >= 0.3 is 0 Å². The van der Waals surface area contributed by atoms with Gasteiger partial charge < -0.3 is 9.88 Å². The van der Waals surface area contributed by atoms with Gasteiger partial charge in [0.15, 0.2) is 11.0 Å². The highest BCUT2D eigenvalue weighted by Gasteiger charge is 2.14. The van der Waals surface area contributed by atoms with Crippen LogP contribution in [0.15, 0.2) is 47.6 Å². The van der Waals surface area contributed by atoms with E-state index in [0.717, 1.165) is 31.4 Å². The molecule has 0 spiro atoms. The fraction of sp³-hybridized carbons (Fsp3) is 0.286. The number of carbonyl (C=O) groups is 1. The van der Waals surface area contributed by atoms with Gasteiger partial charge in [-0.1, -0.05) is 55.4 Å². The number of hydrogen-bond donors (Lipinski definition) is 1. The lowest BCUT2D eigenvalue weighted by Gasteiger charge is -2.14.